The van der Waals surface area contributed by atoms with Gasteiger partial charge in [0.15, 0.2) is 0 Å². The van der Waals surface area contributed by atoms with Crippen molar-refractivity contribution in [3.8, 4) is 0 Å². The van der Waals surface area contributed by atoms with Gasteiger partial charge in [0.05, 0.1) is 6.04 Å². The monoisotopic (exact) mass is 467 g/mol. The van der Waals surface area contributed by atoms with Gasteiger partial charge in [-0.15, -0.1) is 0 Å². The Balaban J connectivity index is 1.32. The first-order chi connectivity index (χ1) is 16.5. The van der Waals surface area contributed by atoms with Crippen LogP contribution in [-0.2, 0) is 32.3 Å². The van der Waals surface area contributed by atoms with Crippen molar-refractivity contribution in [2.45, 2.75) is 57.4 Å². The number of carbonyl (C=O) groups excluding carboxylic acids is 3. The van der Waals surface area contributed by atoms with Crippen molar-refractivity contribution in [2.75, 3.05) is 13.1 Å². The van der Waals surface area contributed by atoms with Gasteiger partial charge in [-0.05, 0) is 43.2 Å². The van der Waals surface area contributed by atoms with E-state index in [1.54, 1.807) is 4.90 Å². The molecule has 34 heavy (non-hydrogen) atoms. The van der Waals surface area contributed by atoms with Gasteiger partial charge in [0.2, 0.25) is 5.91 Å². The van der Waals surface area contributed by atoms with Crippen LogP contribution in [0.5, 0.6) is 0 Å². The molecular weight excluding hydrogens is 434 g/mol. The minimum atomic E-state index is -0.687. The summed E-state index contributed by atoms with van der Waals surface area (Å²) >= 11 is 0. The maximum atomic E-state index is 12.8. The summed E-state index contributed by atoms with van der Waals surface area (Å²) in [7, 11) is 0. The van der Waals surface area contributed by atoms with Gasteiger partial charge in [-0.1, -0.05) is 60.7 Å². The molecule has 1 heterocycles. The van der Waals surface area contributed by atoms with Gasteiger partial charge in [0, 0.05) is 13.1 Å². The minimum Gasteiger partial charge on any atom is -0.459 e. The molecule has 1 saturated heterocycles. The quantitative estimate of drug-likeness (QED) is 0.388. The molecule has 0 aromatic heterocycles. The number of hydrogen-bond acceptors (Lipinski definition) is 6. The molecule has 2 aromatic rings. The molecule has 2 atom stereocenters. The number of carbonyl (C=O) groups is 3. The van der Waals surface area contributed by atoms with Crippen LogP contribution in [0.2, 0.25) is 0 Å². The molecule has 0 unspecified atom stereocenters. The number of ether oxygens (including phenoxy) is 2. The molecule has 0 spiro atoms. The van der Waals surface area contributed by atoms with E-state index in [1.165, 1.54) is 0 Å². The first-order valence-corrected chi connectivity index (χ1v) is 11.8. The van der Waals surface area contributed by atoms with E-state index in [-0.39, 0.29) is 25.1 Å². The van der Waals surface area contributed by atoms with Crippen LogP contribution in [0.25, 0.3) is 0 Å². The van der Waals surface area contributed by atoms with Crippen molar-refractivity contribution >= 4 is 18.0 Å². The van der Waals surface area contributed by atoms with Crippen molar-refractivity contribution < 1.29 is 23.9 Å². The molecule has 0 bridgehead atoms. The van der Waals surface area contributed by atoms with E-state index in [0.717, 1.165) is 17.5 Å². The zero-order valence-electron chi connectivity index (χ0n) is 19.4. The lowest BCUT2D eigenvalue weighted by Gasteiger charge is -2.26. The highest BCUT2D eigenvalue weighted by Crippen LogP contribution is 2.21. The number of unbranched alkanes of at least 4 members (excludes halogenated alkanes) is 1. The molecule has 3 rings (SSSR count). The molecule has 1 fully saturated rings. The molecule has 2 aromatic carbocycles. The van der Waals surface area contributed by atoms with Crippen molar-refractivity contribution in [3.63, 3.8) is 0 Å². The predicted octanol–water partition coefficient (Wildman–Crippen LogP) is 3.14. The fraction of sp³-hybridized carbons (Fsp3) is 0.423. The lowest BCUT2D eigenvalue weighted by atomic mass is 10.1. The van der Waals surface area contributed by atoms with Gasteiger partial charge >= 0.3 is 12.1 Å². The van der Waals surface area contributed by atoms with E-state index < -0.39 is 18.2 Å². The molecule has 0 saturated carbocycles. The first kappa shape index (κ1) is 25.2. The van der Waals surface area contributed by atoms with E-state index >= 15 is 0 Å². The molecule has 0 aliphatic carbocycles. The van der Waals surface area contributed by atoms with Crippen LogP contribution in [-0.4, -0.2) is 48.0 Å². The molecule has 0 radical (unpaired) electrons. The first-order valence-electron chi connectivity index (χ1n) is 11.8. The lowest BCUT2D eigenvalue weighted by Crippen LogP contribution is -2.48. The third-order valence-electron chi connectivity index (χ3n) is 5.77. The topological polar surface area (TPSA) is 111 Å². The van der Waals surface area contributed by atoms with Gasteiger partial charge in [-0.3, -0.25) is 4.79 Å². The number of nitrogens with two attached hydrogens (primary N) is 1. The van der Waals surface area contributed by atoms with E-state index in [1.807, 2.05) is 60.7 Å². The maximum absolute atomic E-state index is 12.8. The Labute approximate surface area is 200 Å². The average Bonchev–Trinajstić information content (AvgIpc) is 3.36. The van der Waals surface area contributed by atoms with Crippen molar-refractivity contribution in [1.82, 2.24) is 10.2 Å². The molecule has 2 amide bonds. The highest BCUT2D eigenvalue weighted by Gasteiger charge is 2.37. The lowest BCUT2D eigenvalue weighted by molar-refractivity contribution is -0.154. The Kier molecular flexibility index (Phi) is 9.91. The number of rotatable bonds is 11. The standard InChI is InChI=1S/C26H33N3O5/c27-22(14-7-8-16-28-26(32)34-19-21-12-5-2-6-13-21)24(30)29-17-9-15-23(29)25(31)33-18-20-10-3-1-4-11-20/h1-6,10-13,22-23H,7-9,14-19,27H2,(H,28,32)/t22-,23-/m1/s1. The second-order valence-electron chi connectivity index (χ2n) is 8.37. The number of amides is 2. The third kappa shape index (κ3) is 7.88. The molecule has 8 heteroatoms. The van der Waals surface area contributed by atoms with Crippen LogP contribution in [0.1, 0.15) is 43.2 Å². The van der Waals surface area contributed by atoms with Crippen molar-refractivity contribution in [1.29, 1.82) is 0 Å². The molecular formula is C26H33N3O5. The fourth-order valence-corrected chi connectivity index (χ4v) is 3.89. The summed E-state index contributed by atoms with van der Waals surface area (Å²) in [6, 6.07) is 17.6. The second kappa shape index (κ2) is 13.3. The molecule has 3 N–H and O–H groups in total. The summed E-state index contributed by atoms with van der Waals surface area (Å²) in [5.41, 5.74) is 7.95. The number of nitrogens with one attached hydrogen (secondary N) is 1. The van der Waals surface area contributed by atoms with E-state index in [4.69, 9.17) is 15.2 Å². The number of likely N-dealkylation sites (tertiary alicyclic amines) is 1. The Morgan fingerprint density at radius 2 is 1.56 bits per heavy atom. The number of nitrogens with zero attached hydrogens (tertiary/aromatic N) is 1. The Hall–Kier alpha value is -3.39. The van der Waals surface area contributed by atoms with Crippen LogP contribution in [0, 0.1) is 0 Å². The third-order valence-corrected chi connectivity index (χ3v) is 5.77. The molecule has 1 aliphatic rings. The van der Waals surface area contributed by atoms with Crippen LogP contribution in [0.4, 0.5) is 4.79 Å². The summed E-state index contributed by atoms with van der Waals surface area (Å²) in [6.45, 7) is 1.35. The van der Waals surface area contributed by atoms with E-state index in [0.29, 0.717) is 38.8 Å². The summed E-state index contributed by atoms with van der Waals surface area (Å²) in [5, 5.41) is 2.70. The highest BCUT2D eigenvalue weighted by atomic mass is 16.5. The van der Waals surface area contributed by atoms with Crippen LogP contribution >= 0.6 is 0 Å². The van der Waals surface area contributed by atoms with Gasteiger partial charge in [-0.2, -0.15) is 0 Å². The van der Waals surface area contributed by atoms with Crippen molar-refractivity contribution in [3.05, 3.63) is 71.8 Å². The average molecular weight is 468 g/mol. The normalized spacial score (nSPS) is 16.0. The Morgan fingerprint density at radius 1 is 0.941 bits per heavy atom. The Morgan fingerprint density at radius 3 is 2.21 bits per heavy atom. The molecule has 182 valence electrons. The summed E-state index contributed by atoms with van der Waals surface area (Å²) in [5.74, 6) is -0.616. The predicted molar refractivity (Wildman–Crippen MR) is 127 cm³/mol. The van der Waals surface area contributed by atoms with E-state index in [2.05, 4.69) is 5.32 Å². The molecule has 1 aliphatic heterocycles. The van der Waals surface area contributed by atoms with E-state index in [9.17, 15) is 14.4 Å². The number of alkyl carbamates (subject to hydrolysis) is 1. The SMILES string of the molecule is N[C@H](CCCCNC(=O)OCc1ccccc1)C(=O)N1CCC[C@@H]1C(=O)OCc1ccccc1. The Bertz CT molecular complexity index is 923. The number of hydrogen-bond donors (Lipinski definition) is 2. The van der Waals surface area contributed by atoms with Crippen LogP contribution in [0.15, 0.2) is 60.7 Å². The zero-order valence-corrected chi connectivity index (χ0v) is 19.4. The second-order valence-corrected chi connectivity index (χ2v) is 8.37. The van der Waals surface area contributed by atoms with Gasteiger partial charge in [0.1, 0.15) is 19.3 Å². The smallest absolute Gasteiger partial charge is 0.407 e. The van der Waals surface area contributed by atoms with Crippen LogP contribution in [0.3, 0.4) is 0 Å². The van der Waals surface area contributed by atoms with Gasteiger partial charge < -0.3 is 25.4 Å². The number of benzene rings is 2. The largest absolute Gasteiger partial charge is 0.459 e. The summed E-state index contributed by atoms with van der Waals surface area (Å²) < 4.78 is 10.6. The highest BCUT2D eigenvalue weighted by molar-refractivity contribution is 5.88. The number of esters is 1. The fourth-order valence-electron chi connectivity index (χ4n) is 3.89. The minimum absolute atomic E-state index is 0.186. The molecule has 8 nitrogen and oxygen atoms in total. The van der Waals surface area contributed by atoms with Gasteiger partial charge in [-0.25, -0.2) is 9.59 Å². The summed E-state index contributed by atoms with van der Waals surface area (Å²) in [6.07, 6.45) is 2.67. The summed E-state index contributed by atoms with van der Waals surface area (Å²) in [4.78, 5) is 38.7. The van der Waals surface area contributed by atoms with Gasteiger partial charge in [0.25, 0.3) is 0 Å². The van der Waals surface area contributed by atoms with Crippen molar-refractivity contribution in [2.24, 2.45) is 5.73 Å². The maximum Gasteiger partial charge on any atom is 0.407 e. The zero-order chi connectivity index (χ0) is 24.2. The van der Waals surface area contributed by atoms with Crippen LogP contribution < -0.4 is 11.1 Å².